The summed E-state index contributed by atoms with van der Waals surface area (Å²) in [6, 6.07) is 4.61. The SMILES string of the molecule is CC(NCCc1ccco1)C1(C)CC1. The van der Waals surface area contributed by atoms with Gasteiger partial charge in [-0.25, -0.2) is 0 Å². The van der Waals surface area contributed by atoms with Crippen LogP contribution < -0.4 is 5.32 Å². The van der Waals surface area contributed by atoms with Crippen molar-refractivity contribution in [3.63, 3.8) is 0 Å². The Morgan fingerprint density at radius 1 is 1.57 bits per heavy atom. The highest BCUT2D eigenvalue weighted by Gasteiger charge is 2.41. The Bertz CT molecular complexity index is 275. The van der Waals surface area contributed by atoms with Gasteiger partial charge in [0.15, 0.2) is 0 Å². The summed E-state index contributed by atoms with van der Waals surface area (Å²) in [6.07, 6.45) is 5.48. The van der Waals surface area contributed by atoms with Crippen molar-refractivity contribution < 1.29 is 4.42 Å². The number of rotatable bonds is 5. The molecule has 78 valence electrons. The van der Waals surface area contributed by atoms with E-state index in [-0.39, 0.29) is 0 Å². The molecule has 1 aromatic heterocycles. The quantitative estimate of drug-likeness (QED) is 0.777. The minimum absolute atomic E-state index is 0.573. The second-order valence-electron chi connectivity index (χ2n) is 4.66. The molecule has 0 aromatic carbocycles. The van der Waals surface area contributed by atoms with E-state index < -0.39 is 0 Å². The lowest BCUT2D eigenvalue weighted by Crippen LogP contribution is -2.34. The van der Waals surface area contributed by atoms with Crippen molar-refractivity contribution in [2.24, 2.45) is 5.41 Å². The fraction of sp³-hybridized carbons (Fsp3) is 0.667. The van der Waals surface area contributed by atoms with Gasteiger partial charge < -0.3 is 9.73 Å². The van der Waals surface area contributed by atoms with Crippen molar-refractivity contribution in [1.82, 2.24) is 5.32 Å². The highest BCUT2D eigenvalue weighted by atomic mass is 16.3. The predicted octanol–water partition coefficient (Wildman–Crippen LogP) is 2.60. The van der Waals surface area contributed by atoms with Gasteiger partial charge in [-0.15, -0.1) is 0 Å². The fourth-order valence-corrected chi connectivity index (χ4v) is 1.74. The predicted molar refractivity (Wildman–Crippen MR) is 57.2 cm³/mol. The van der Waals surface area contributed by atoms with Gasteiger partial charge in [-0.1, -0.05) is 6.92 Å². The van der Waals surface area contributed by atoms with E-state index in [1.54, 1.807) is 6.26 Å². The van der Waals surface area contributed by atoms with Gasteiger partial charge >= 0.3 is 0 Å². The molecule has 1 aliphatic rings. The topological polar surface area (TPSA) is 25.2 Å². The van der Waals surface area contributed by atoms with Crippen molar-refractivity contribution in [2.45, 2.75) is 39.2 Å². The molecule has 1 aromatic rings. The monoisotopic (exact) mass is 193 g/mol. The van der Waals surface area contributed by atoms with Crippen LogP contribution in [0.3, 0.4) is 0 Å². The smallest absolute Gasteiger partial charge is 0.105 e. The van der Waals surface area contributed by atoms with Gasteiger partial charge in [0, 0.05) is 19.0 Å². The molecule has 2 heteroatoms. The molecule has 2 nitrogen and oxygen atoms in total. The second-order valence-corrected chi connectivity index (χ2v) is 4.66. The highest BCUT2D eigenvalue weighted by Crippen LogP contribution is 2.47. The molecule has 0 saturated heterocycles. The molecule has 1 saturated carbocycles. The van der Waals surface area contributed by atoms with Crippen molar-refractivity contribution in [3.05, 3.63) is 24.2 Å². The summed E-state index contributed by atoms with van der Waals surface area (Å²) >= 11 is 0. The third-order valence-corrected chi connectivity index (χ3v) is 3.49. The standard InChI is InChI=1S/C12H19NO/c1-10(12(2)6-7-12)13-8-5-11-4-3-9-14-11/h3-4,9-10,13H,5-8H2,1-2H3. The van der Waals surface area contributed by atoms with E-state index in [2.05, 4.69) is 19.2 Å². The zero-order chi connectivity index (χ0) is 10.0. The van der Waals surface area contributed by atoms with Crippen LogP contribution in [0.2, 0.25) is 0 Å². The maximum Gasteiger partial charge on any atom is 0.105 e. The molecule has 14 heavy (non-hydrogen) atoms. The van der Waals surface area contributed by atoms with E-state index in [9.17, 15) is 0 Å². The first-order valence-corrected chi connectivity index (χ1v) is 5.46. The van der Waals surface area contributed by atoms with Gasteiger partial charge in [0.05, 0.1) is 6.26 Å². The van der Waals surface area contributed by atoms with Crippen LogP contribution in [0.1, 0.15) is 32.4 Å². The van der Waals surface area contributed by atoms with Crippen LogP contribution in [0.25, 0.3) is 0 Å². The number of nitrogens with one attached hydrogen (secondary N) is 1. The fourth-order valence-electron chi connectivity index (χ4n) is 1.74. The molecule has 0 radical (unpaired) electrons. The zero-order valence-corrected chi connectivity index (χ0v) is 9.05. The Kier molecular flexibility index (Phi) is 2.64. The maximum absolute atomic E-state index is 5.28. The second kappa shape index (κ2) is 3.77. The lowest BCUT2D eigenvalue weighted by atomic mass is 10.0. The summed E-state index contributed by atoms with van der Waals surface area (Å²) in [5, 5.41) is 3.56. The molecular weight excluding hydrogens is 174 g/mol. The molecule has 1 heterocycles. The van der Waals surface area contributed by atoms with Crippen molar-refractivity contribution in [1.29, 1.82) is 0 Å². The molecule has 1 fully saturated rings. The van der Waals surface area contributed by atoms with Crippen molar-refractivity contribution in [3.8, 4) is 0 Å². The zero-order valence-electron chi connectivity index (χ0n) is 9.05. The summed E-state index contributed by atoms with van der Waals surface area (Å²) in [7, 11) is 0. The Labute approximate surface area is 85.7 Å². The summed E-state index contributed by atoms with van der Waals surface area (Å²) in [5.41, 5.74) is 0.573. The normalized spacial score (nSPS) is 20.7. The summed E-state index contributed by atoms with van der Waals surface area (Å²) in [6.45, 7) is 5.66. The van der Waals surface area contributed by atoms with Gasteiger partial charge in [-0.3, -0.25) is 0 Å². The largest absolute Gasteiger partial charge is 0.469 e. The van der Waals surface area contributed by atoms with Crippen LogP contribution >= 0.6 is 0 Å². The summed E-state index contributed by atoms with van der Waals surface area (Å²) in [5.74, 6) is 1.07. The molecule has 1 unspecified atom stereocenters. The molecule has 1 N–H and O–H groups in total. The number of furan rings is 1. The van der Waals surface area contributed by atoms with Gasteiger partial charge in [-0.2, -0.15) is 0 Å². The molecule has 1 atom stereocenters. The third kappa shape index (κ3) is 2.18. The minimum Gasteiger partial charge on any atom is -0.469 e. The lowest BCUT2D eigenvalue weighted by Gasteiger charge is -2.19. The first-order valence-electron chi connectivity index (χ1n) is 5.46. The van der Waals surface area contributed by atoms with Crippen LogP contribution in [-0.2, 0) is 6.42 Å². The molecule has 2 rings (SSSR count). The van der Waals surface area contributed by atoms with Gasteiger partial charge in [0.2, 0.25) is 0 Å². The van der Waals surface area contributed by atoms with Gasteiger partial charge in [0.1, 0.15) is 5.76 Å². The summed E-state index contributed by atoms with van der Waals surface area (Å²) < 4.78 is 5.28. The van der Waals surface area contributed by atoms with E-state index in [1.807, 2.05) is 12.1 Å². The number of hydrogen-bond donors (Lipinski definition) is 1. The average Bonchev–Trinajstić information content (AvgIpc) is 2.73. The van der Waals surface area contributed by atoms with Gasteiger partial charge in [-0.05, 0) is 37.3 Å². The van der Waals surface area contributed by atoms with Crippen LogP contribution in [0.4, 0.5) is 0 Å². The Morgan fingerprint density at radius 2 is 2.36 bits per heavy atom. The molecule has 0 bridgehead atoms. The van der Waals surface area contributed by atoms with E-state index in [1.165, 1.54) is 12.8 Å². The minimum atomic E-state index is 0.573. The average molecular weight is 193 g/mol. The molecule has 0 spiro atoms. The van der Waals surface area contributed by atoms with E-state index in [0.29, 0.717) is 11.5 Å². The Hall–Kier alpha value is -0.760. The third-order valence-electron chi connectivity index (χ3n) is 3.49. The maximum atomic E-state index is 5.28. The molecule has 1 aliphatic carbocycles. The first kappa shape index (κ1) is 9.78. The number of hydrogen-bond acceptors (Lipinski definition) is 2. The molecular formula is C12H19NO. The Morgan fingerprint density at radius 3 is 2.93 bits per heavy atom. The highest BCUT2D eigenvalue weighted by molar-refractivity contribution is 5.00. The van der Waals surface area contributed by atoms with Crippen LogP contribution in [0, 0.1) is 5.41 Å². The van der Waals surface area contributed by atoms with Crippen molar-refractivity contribution >= 4 is 0 Å². The first-order chi connectivity index (χ1) is 6.71. The van der Waals surface area contributed by atoms with Crippen molar-refractivity contribution in [2.75, 3.05) is 6.54 Å². The van der Waals surface area contributed by atoms with E-state index in [0.717, 1.165) is 18.7 Å². The van der Waals surface area contributed by atoms with E-state index in [4.69, 9.17) is 4.42 Å². The molecule has 0 amide bonds. The van der Waals surface area contributed by atoms with Crippen LogP contribution in [0.15, 0.2) is 22.8 Å². The molecule has 0 aliphatic heterocycles. The van der Waals surface area contributed by atoms with Gasteiger partial charge in [0.25, 0.3) is 0 Å². The van der Waals surface area contributed by atoms with Crippen LogP contribution in [0.5, 0.6) is 0 Å². The van der Waals surface area contributed by atoms with E-state index >= 15 is 0 Å². The summed E-state index contributed by atoms with van der Waals surface area (Å²) in [4.78, 5) is 0. The Balaban J connectivity index is 1.68. The lowest BCUT2D eigenvalue weighted by molar-refractivity contribution is 0.377. The van der Waals surface area contributed by atoms with Crippen LogP contribution in [-0.4, -0.2) is 12.6 Å².